The summed E-state index contributed by atoms with van der Waals surface area (Å²) >= 11 is 6.00. The maximum Gasteiger partial charge on any atom is 0.256 e. The number of benzene rings is 2. The average molecular weight is 287 g/mol. The molecule has 4 nitrogen and oxygen atoms in total. The van der Waals surface area contributed by atoms with Crippen molar-refractivity contribution in [1.29, 1.82) is 5.26 Å². The molecule has 0 radical (unpaired) electrons. The monoisotopic (exact) mass is 286 g/mol. The van der Waals surface area contributed by atoms with Gasteiger partial charge in [0.2, 0.25) is 0 Å². The van der Waals surface area contributed by atoms with Gasteiger partial charge in [-0.2, -0.15) is 5.26 Å². The van der Waals surface area contributed by atoms with Gasteiger partial charge in [-0.1, -0.05) is 17.7 Å². The fraction of sp³-hybridized carbons (Fsp3) is 0.0667. The van der Waals surface area contributed by atoms with Crippen LogP contribution in [0.2, 0.25) is 5.02 Å². The number of nitrogens with one attached hydrogen (secondary N) is 1. The summed E-state index contributed by atoms with van der Waals surface area (Å²) in [7, 11) is 0. The Morgan fingerprint density at radius 3 is 2.75 bits per heavy atom. The minimum atomic E-state index is -0.370. The van der Waals surface area contributed by atoms with Crippen LogP contribution in [0.4, 0.5) is 5.69 Å². The summed E-state index contributed by atoms with van der Waals surface area (Å²) in [4.78, 5) is 12.1. The number of phenolic OH excluding ortho intramolecular Hbond substituents is 1. The summed E-state index contributed by atoms with van der Waals surface area (Å²) in [5.74, 6) is -0.311. The third-order valence-electron chi connectivity index (χ3n) is 2.90. The third kappa shape index (κ3) is 2.73. The van der Waals surface area contributed by atoms with Crippen molar-refractivity contribution in [2.24, 2.45) is 0 Å². The molecule has 0 saturated carbocycles. The van der Waals surface area contributed by atoms with Gasteiger partial charge in [0.05, 0.1) is 22.3 Å². The van der Waals surface area contributed by atoms with E-state index < -0.39 is 0 Å². The Labute approximate surface area is 121 Å². The van der Waals surface area contributed by atoms with Gasteiger partial charge in [0.1, 0.15) is 5.75 Å². The van der Waals surface area contributed by atoms with Crippen molar-refractivity contribution in [1.82, 2.24) is 0 Å². The summed E-state index contributed by atoms with van der Waals surface area (Å²) in [6.07, 6.45) is 0. The molecule has 0 aliphatic heterocycles. The first kappa shape index (κ1) is 13.9. The van der Waals surface area contributed by atoms with Crippen molar-refractivity contribution >= 4 is 23.2 Å². The molecule has 0 atom stereocenters. The number of carbonyl (C=O) groups is 1. The van der Waals surface area contributed by atoms with Gasteiger partial charge in [0.15, 0.2) is 0 Å². The molecule has 2 rings (SSSR count). The summed E-state index contributed by atoms with van der Waals surface area (Å²) < 4.78 is 0. The van der Waals surface area contributed by atoms with E-state index in [9.17, 15) is 9.90 Å². The van der Waals surface area contributed by atoms with Crippen LogP contribution in [0.3, 0.4) is 0 Å². The number of anilines is 1. The van der Waals surface area contributed by atoms with E-state index in [1.807, 2.05) is 6.07 Å². The van der Waals surface area contributed by atoms with E-state index in [1.54, 1.807) is 31.2 Å². The zero-order valence-electron chi connectivity index (χ0n) is 10.6. The largest absolute Gasteiger partial charge is 0.508 e. The number of hydrogen-bond acceptors (Lipinski definition) is 3. The first-order valence-corrected chi connectivity index (χ1v) is 6.20. The number of rotatable bonds is 2. The van der Waals surface area contributed by atoms with Crippen LogP contribution in [0.25, 0.3) is 0 Å². The van der Waals surface area contributed by atoms with Gasteiger partial charge in [-0.3, -0.25) is 4.79 Å². The molecule has 0 fully saturated rings. The van der Waals surface area contributed by atoms with Gasteiger partial charge in [-0.05, 0) is 37.3 Å². The SMILES string of the molecule is Cc1c(O)cccc1C(=O)Nc1ccc(C#N)cc1Cl. The molecule has 0 aliphatic carbocycles. The second-order valence-electron chi connectivity index (χ2n) is 4.21. The summed E-state index contributed by atoms with van der Waals surface area (Å²) in [5, 5.41) is 21.3. The molecule has 0 aromatic heterocycles. The van der Waals surface area contributed by atoms with Crippen LogP contribution < -0.4 is 5.32 Å². The summed E-state index contributed by atoms with van der Waals surface area (Å²) in [5.41, 5.74) is 1.69. The highest BCUT2D eigenvalue weighted by atomic mass is 35.5. The number of aromatic hydroxyl groups is 1. The Bertz CT molecular complexity index is 720. The molecular weight excluding hydrogens is 276 g/mol. The van der Waals surface area contributed by atoms with Crippen molar-refractivity contribution in [2.45, 2.75) is 6.92 Å². The molecule has 0 aliphatic rings. The van der Waals surface area contributed by atoms with Gasteiger partial charge in [-0.25, -0.2) is 0 Å². The molecule has 0 spiro atoms. The van der Waals surface area contributed by atoms with Crippen molar-refractivity contribution in [2.75, 3.05) is 5.32 Å². The van der Waals surface area contributed by atoms with Gasteiger partial charge in [0, 0.05) is 11.1 Å². The van der Waals surface area contributed by atoms with Gasteiger partial charge < -0.3 is 10.4 Å². The van der Waals surface area contributed by atoms with Crippen molar-refractivity contribution in [3.05, 3.63) is 58.1 Å². The van der Waals surface area contributed by atoms with E-state index in [4.69, 9.17) is 16.9 Å². The van der Waals surface area contributed by atoms with Gasteiger partial charge in [0.25, 0.3) is 5.91 Å². The molecule has 0 saturated heterocycles. The maximum atomic E-state index is 12.1. The zero-order chi connectivity index (χ0) is 14.7. The molecule has 1 amide bonds. The minimum absolute atomic E-state index is 0.0589. The highest BCUT2D eigenvalue weighted by molar-refractivity contribution is 6.34. The van der Waals surface area contributed by atoms with Crippen molar-refractivity contribution in [3.63, 3.8) is 0 Å². The van der Waals surface area contributed by atoms with Crippen LogP contribution in [0, 0.1) is 18.3 Å². The lowest BCUT2D eigenvalue weighted by Crippen LogP contribution is -2.13. The quantitative estimate of drug-likeness (QED) is 0.887. The topological polar surface area (TPSA) is 73.1 Å². The molecule has 5 heteroatoms. The number of halogens is 1. The molecule has 2 aromatic rings. The van der Waals surface area contributed by atoms with E-state index in [0.717, 1.165) is 0 Å². The molecule has 0 bridgehead atoms. The second-order valence-corrected chi connectivity index (χ2v) is 4.62. The summed E-state index contributed by atoms with van der Waals surface area (Å²) in [6, 6.07) is 11.3. The van der Waals surface area contributed by atoms with Crippen LogP contribution in [-0.4, -0.2) is 11.0 Å². The fourth-order valence-electron chi connectivity index (χ4n) is 1.75. The smallest absolute Gasteiger partial charge is 0.256 e. The predicted molar refractivity (Wildman–Crippen MR) is 77.0 cm³/mol. The van der Waals surface area contributed by atoms with E-state index >= 15 is 0 Å². The predicted octanol–water partition coefficient (Wildman–Crippen LogP) is 3.48. The Morgan fingerprint density at radius 1 is 1.35 bits per heavy atom. The zero-order valence-corrected chi connectivity index (χ0v) is 11.4. The Hall–Kier alpha value is -2.51. The van der Waals surface area contributed by atoms with Crippen LogP contribution in [-0.2, 0) is 0 Å². The van der Waals surface area contributed by atoms with Gasteiger partial charge in [-0.15, -0.1) is 0 Å². The highest BCUT2D eigenvalue weighted by Gasteiger charge is 2.13. The number of nitriles is 1. The number of nitrogens with zero attached hydrogens (tertiary/aromatic N) is 1. The lowest BCUT2D eigenvalue weighted by Gasteiger charge is -2.10. The van der Waals surface area contributed by atoms with Crippen molar-refractivity contribution in [3.8, 4) is 11.8 Å². The highest BCUT2D eigenvalue weighted by Crippen LogP contribution is 2.25. The van der Waals surface area contributed by atoms with Crippen molar-refractivity contribution < 1.29 is 9.90 Å². The number of phenols is 1. The normalized spacial score (nSPS) is 9.85. The molecule has 2 N–H and O–H groups in total. The molecule has 20 heavy (non-hydrogen) atoms. The molecule has 0 heterocycles. The third-order valence-corrected chi connectivity index (χ3v) is 3.21. The minimum Gasteiger partial charge on any atom is -0.508 e. The maximum absolute atomic E-state index is 12.1. The van der Waals surface area contributed by atoms with Crippen LogP contribution in [0.15, 0.2) is 36.4 Å². The molecule has 2 aromatic carbocycles. The number of carbonyl (C=O) groups excluding carboxylic acids is 1. The fourth-order valence-corrected chi connectivity index (χ4v) is 1.97. The van der Waals surface area contributed by atoms with Gasteiger partial charge >= 0.3 is 0 Å². The van der Waals surface area contributed by atoms with E-state index in [-0.39, 0.29) is 16.7 Å². The second kappa shape index (κ2) is 5.64. The number of hydrogen-bond donors (Lipinski definition) is 2. The summed E-state index contributed by atoms with van der Waals surface area (Å²) in [6.45, 7) is 1.66. The lowest BCUT2D eigenvalue weighted by molar-refractivity contribution is 0.102. The standard InChI is InChI=1S/C15H11ClN2O2/c1-9-11(3-2-4-14(9)19)15(20)18-13-6-5-10(8-17)7-12(13)16/h2-7,19H,1H3,(H,18,20). The molecule has 0 unspecified atom stereocenters. The first-order chi connectivity index (χ1) is 9.52. The van der Waals surface area contributed by atoms with E-state index in [2.05, 4.69) is 5.32 Å². The Morgan fingerprint density at radius 2 is 2.10 bits per heavy atom. The Kier molecular flexibility index (Phi) is 3.92. The first-order valence-electron chi connectivity index (χ1n) is 5.82. The molecular formula is C15H11ClN2O2. The average Bonchev–Trinajstić information content (AvgIpc) is 2.44. The van der Waals surface area contributed by atoms with Crippen LogP contribution >= 0.6 is 11.6 Å². The number of amides is 1. The van der Waals surface area contributed by atoms with E-state index in [1.165, 1.54) is 12.1 Å². The Balaban J connectivity index is 2.29. The van der Waals surface area contributed by atoms with Crippen LogP contribution in [0.5, 0.6) is 5.75 Å². The lowest BCUT2D eigenvalue weighted by atomic mass is 10.1. The van der Waals surface area contributed by atoms with Crippen LogP contribution in [0.1, 0.15) is 21.5 Å². The van der Waals surface area contributed by atoms with E-state index in [0.29, 0.717) is 22.4 Å². The molecule has 100 valence electrons.